The molecule has 1 N–H and O–H groups in total. The predicted octanol–water partition coefficient (Wildman–Crippen LogP) is 0.0751. The van der Waals surface area contributed by atoms with E-state index in [4.69, 9.17) is 0 Å². The molecule has 0 heterocycles. The van der Waals surface area contributed by atoms with E-state index in [0.29, 0.717) is 16.9 Å². The molecule has 0 saturated carbocycles. The smallest absolute Gasteiger partial charge is 0.744 e. The van der Waals surface area contributed by atoms with Crippen molar-refractivity contribution in [2.45, 2.75) is 40.6 Å². The van der Waals surface area contributed by atoms with Gasteiger partial charge in [0, 0.05) is 6.54 Å². The summed E-state index contributed by atoms with van der Waals surface area (Å²) in [6, 6.07) is 2.88. The van der Waals surface area contributed by atoms with E-state index in [1.165, 1.54) is 0 Å². The molecule has 20 heteroatoms. The van der Waals surface area contributed by atoms with Crippen molar-refractivity contribution in [3.05, 3.63) is 29.8 Å². The fourth-order valence-electron chi connectivity index (χ4n) is 1.88. The van der Waals surface area contributed by atoms with Gasteiger partial charge in [-0.05, 0) is 11.6 Å². The second-order valence-corrected chi connectivity index (χ2v) is 8.78. The Labute approximate surface area is 194 Å². The van der Waals surface area contributed by atoms with Crippen molar-refractivity contribution < 1.29 is 99.2 Å². The zero-order valence-electron chi connectivity index (χ0n) is 15.0. The number of benzene rings is 1. The Morgan fingerprint density at radius 1 is 0.750 bits per heavy atom. The van der Waals surface area contributed by atoms with Crippen LogP contribution >= 0.6 is 0 Å². The van der Waals surface area contributed by atoms with E-state index in [9.17, 15) is 69.7 Å². The molecule has 0 aliphatic rings. The van der Waals surface area contributed by atoms with Gasteiger partial charge in [0.15, 0.2) is 0 Å². The molecule has 0 bridgehead atoms. The van der Waals surface area contributed by atoms with Crippen LogP contribution in [0, 0.1) is 0 Å². The average Bonchev–Trinajstić information content (AvgIpc) is 2.57. The Morgan fingerprint density at radius 2 is 1.19 bits per heavy atom. The molecule has 32 heavy (non-hydrogen) atoms. The molecule has 0 aromatic heterocycles. The molecule has 180 valence electrons. The third-order valence-corrected chi connectivity index (χ3v) is 5.94. The Balaban J connectivity index is 0.00000961. The number of hydrogen-bond donors (Lipinski definition) is 1. The van der Waals surface area contributed by atoms with Crippen LogP contribution in [0.5, 0.6) is 0 Å². The van der Waals surface area contributed by atoms with Crippen LogP contribution in [-0.2, 0) is 26.7 Å². The normalized spacial score (nSPS) is 14.8. The first-order valence-corrected chi connectivity index (χ1v) is 9.95. The van der Waals surface area contributed by atoms with Gasteiger partial charge in [0.1, 0.15) is 10.1 Å². The standard InChI is InChI=1S/C12H8F11NO5S2.Na/c13-8(14,9(15,16)11(19,20)21)10(17,18)12(22,23)31(28,29)24-5-6-3-1-2-4-7(6)30(25,26)27;/h1-4,24H,5H2,(H,25,26,27);/q;+1/p-1. The van der Waals surface area contributed by atoms with E-state index in [-0.39, 0.29) is 29.6 Å². The number of sulfonamides is 1. The number of nitrogens with one attached hydrogen (secondary N) is 1. The van der Waals surface area contributed by atoms with Gasteiger partial charge < -0.3 is 4.55 Å². The summed E-state index contributed by atoms with van der Waals surface area (Å²) in [4.78, 5) is -1.26. The summed E-state index contributed by atoms with van der Waals surface area (Å²) in [5.74, 6) is -23.6. The van der Waals surface area contributed by atoms with E-state index in [2.05, 4.69) is 0 Å². The Kier molecular flexibility index (Phi) is 8.93. The SMILES string of the molecule is O=S(=O)([O-])c1ccccc1CNS(=O)(=O)C(F)(F)C(F)(F)C(F)(F)C(F)(F)C(F)(F)F.[Na+]. The molecule has 0 amide bonds. The van der Waals surface area contributed by atoms with Gasteiger partial charge in [-0.15, -0.1) is 0 Å². The summed E-state index contributed by atoms with van der Waals surface area (Å²) in [7, 11) is -12.6. The summed E-state index contributed by atoms with van der Waals surface area (Å²) < 4.78 is 198. The topological polar surface area (TPSA) is 103 Å². The minimum Gasteiger partial charge on any atom is -0.744 e. The van der Waals surface area contributed by atoms with Gasteiger partial charge in [0.25, 0.3) is 10.0 Å². The molecule has 6 nitrogen and oxygen atoms in total. The molecule has 0 saturated heterocycles. The third-order valence-electron chi connectivity index (χ3n) is 3.54. The zero-order valence-corrected chi connectivity index (χ0v) is 18.7. The molecule has 0 unspecified atom stereocenters. The molecule has 0 aliphatic heterocycles. The average molecular weight is 541 g/mol. The minimum atomic E-state index is -7.95. The van der Waals surface area contributed by atoms with Crippen LogP contribution in [0.2, 0.25) is 0 Å². The molecule has 0 aliphatic carbocycles. The van der Waals surface area contributed by atoms with Crippen molar-refractivity contribution in [3.63, 3.8) is 0 Å². The predicted molar refractivity (Wildman–Crippen MR) is 76.0 cm³/mol. The first-order valence-electron chi connectivity index (χ1n) is 7.06. The summed E-state index contributed by atoms with van der Waals surface area (Å²) in [5.41, 5.74) is -0.965. The molecular weight excluding hydrogens is 534 g/mol. The fraction of sp³-hybridized carbons (Fsp3) is 0.500. The van der Waals surface area contributed by atoms with E-state index >= 15 is 0 Å². The summed E-state index contributed by atoms with van der Waals surface area (Å²) in [6.07, 6.45) is -7.48. The van der Waals surface area contributed by atoms with Gasteiger partial charge in [-0.2, -0.15) is 48.3 Å². The van der Waals surface area contributed by atoms with Crippen LogP contribution in [0.25, 0.3) is 0 Å². The van der Waals surface area contributed by atoms with E-state index in [0.717, 1.165) is 12.1 Å². The Hall–Kier alpha value is -0.730. The minimum absolute atomic E-state index is 0. The number of alkyl halides is 11. The van der Waals surface area contributed by atoms with Crippen molar-refractivity contribution in [3.8, 4) is 0 Å². The van der Waals surface area contributed by atoms with Crippen LogP contribution in [0.3, 0.4) is 0 Å². The molecule has 0 atom stereocenters. The molecular formula is C12H7F11NNaO5S2. The van der Waals surface area contributed by atoms with Gasteiger partial charge in [0.2, 0.25) is 0 Å². The molecule has 1 rings (SSSR count). The maximum atomic E-state index is 13.7. The zero-order chi connectivity index (χ0) is 24.9. The maximum Gasteiger partial charge on any atom is 1.00 e. The molecule has 0 spiro atoms. The second kappa shape index (κ2) is 9.14. The van der Waals surface area contributed by atoms with Crippen LogP contribution in [0.1, 0.15) is 5.56 Å². The van der Waals surface area contributed by atoms with Crippen LogP contribution in [0.15, 0.2) is 29.2 Å². The van der Waals surface area contributed by atoms with Crippen molar-refractivity contribution in [1.29, 1.82) is 0 Å². The van der Waals surface area contributed by atoms with Crippen LogP contribution in [0.4, 0.5) is 48.3 Å². The van der Waals surface area contributed by atoms with E-state index in [1.54, 1.807) is 0 Å². The van der Waals surface area contributed by atoms with Crippen LogP contribution in [-0.4, -0.2) is 50.6 Å². The van der Waals surface area contributed by atoms with Gasteiger partial charge in [-0.25, -0.2) is 21.6 Å². The summed E-state index contributed by atoms with van der Waals surface area (Å²) in [5, 5.41) is -7.27. The largest absolute Gasteiger partial charge is 1.00 e. The molecule has 0 radical (unpaired) electrons. The second-order valence-electron chi connectivity index (χ2n) is 5.62. The first-order chi connectivity index (χ1) is 13.5. The summed E-state index contributed by atoms with van der Waals surface area (Å²) >= 11 is 0. The van der Waals surface area contributed by atoms with Gasteiger partial charge >= 0.3 is 58.8 Å². The van der Waals surface area contributed by atoms with Crippen molar-refractivity contribution in [1.82, 2.24) is 4.72 Å². The van der Waals surface area contributed by atoms with Gasteiger partial charge in [-0.1, -0.05) is 18.2 Å². The van der Waals surface area contributed by atoms with E-state index in [1.807, 2.05) is 0 Å². The maximum absolute atomic E-state index is 13.7. The molecule has 1 aromatic rings. The van der Waals surface area contributed by atoms with Crippen LogP contribution < -0.4 is 34.3 Å². The van der Waals surface area contributed by atoms with E-state index < -0.39 is 66.3 Å². The Morgan fingerprint density at radius 3 is 1.59 bits per heavy atom. The fourth-order valence-corrected chi connectivity index (χ4v) is 3.58. The first kappa shape index (κ1) is 31.3. The molecule has 0 fully saturated rings. The van der Waals surface area contributed by atoms with Crippen molar-refractivity contribution in [2.24, 2.45) is 0 Å². The summed E-state index contributed by atoms with van der Waals surface area (Å²) in [6.45, 7) is -1.74. The number of halogens is 11. The van der Waals surface area contributed by atoms with Crippen molar-refractivity contribution in [2.75, 3.05) is 0 Å². The number of rotatable bonds is 8. The monoisotopic (exact) mass is 541 g/mol. The number of hydrogen-bond acceptors (Lipinski definition) is 5. The van der Waals surface area contributed by atoms with Crippen molar-refractivity contribution >= 4 is 20.1 Å². The Bertz CT molecular complexity index is 1040. The molecule has 1 aromatic carbocycles. The van der Waals surface area contributed by atoms with Gasteiger partial charge in [-0.3, -0.25) is 0 Å². The van der Waals surface area contributed by atoms with Gasteiger partial charge in [0.05, 0.1) is 4.90 Å². The third kappa shape index (κ3) is 5.17. The quantitative estimate of drug-likeness (QED) is 0.285.